The molecule has 1 aliphatic heterocycles. The molecule has 3 aromatic rings. The highest BCUT2D eigenvalue weighted by Crippen LogP contribution is 2.35. The number of sulfone groups is 1. The summed E-state index contributed by atoms with van der Waals surface area (Å²) < 4.78 is 30.0. The van der Waals surface area contributed by atoms with Gasteiger partial charge in [-0.05, 0) is 37.0 Å². The zero-order chi connectivity index (χ0) is 18.3. The van der Waals surface area contributed by atoms with Crippen molar-refractivity contribution in [1.29, 1.82) is 0 Å². The lowest BCUT2D eigenvalue weighted by molar-refractivity contribution is 0.513. The highest BCUT2D eigenvalue weighted by molar-refractivity contribution is 7.90. The predicted molar refractivity (Wildman–Crippen MR) is 105 cm³/mol. The van der Waals surface area contributed by atoms with Gasteiger partial charge in [0.25, 0.3) is 0 Å². The van der Waals surface area contributed by atoms with Crippen LogP contribution in [-0.4, -0.2) is 27.8 Å². The molecule has 26 heavy (non-hydrogen) atoms. The molecule has 7 heteroatoms. The minimum atomic E-state index is -3.24. The van der Waals surface area contributed by atoms with Crippen LogP contribution < -0.4 is 10.3 Å². The number of nitrogens with zero attached hydrogens (tertiary/aromatic N) is 1. The number of anilines is 1. The van der Waals surface area contributed by atoms with Gasteiger partial charge in [-0.3, -0.25) is 4.79 Å². The maximum Gasteiger partial charge on any atom is 0.204 e. The number of piperidine rings is 1. The van der Waals surface area contributed by atoms with Crippen molar-refractivity contribution in [1.82, 2.24) is 0 Å². The van der Waals surface area contributed by atoms with Crippen molar-refractivity contribution < 1.29 is 12.8 Å². The molecule has 1 aliphatic rings. The Hall–Kier alpha value is -2.12. The molecule has 0 bridgehead atoms. The van der Waals surface area contributed by atoms with Crippen molar-refractivity contribution >= 4 is 37.3 Å². The van der Waals surface area contributed by atoms with Crippen molar-refractivity contribution in [2.45, 2.75) is 24.2 Å². The van der Waals surface area contributed by atoms with Crippen LogP contribution in [0.1, 0.15) is 19.3 Å². The second-order valence-corrected chi connectivity index (χ2v) is 9.50. The normalized spacial score (nSPS) is 15.5. The van der Waals surface area contributed by atoms with Gasteiger partial charge in [-0.2, -0.15) is 0 Å². The summed E-state index contributed by atoms with van der Waals surface area (Å²) in [6.07, 6.45) is 4.60. The largest absolute Gasteiger partial charge is 0.439 e. The van der Waals surface area contributed by atoms with Crippen LogP contribution in [0.15, 0.2) is 49.8 Å². The van der Waals surface area contributed by atoms with Crippen LogP contribution in [-0.2, 0) is 9.84 Å². The molecule has 0 saturated carbocycles. The van der Waals surface area contributed by atoms with E-state index in [9.17, 15) is 13.2 Å². The molecular formula is C19H19NO4S2. The Kier molecular flexibility index (Phi) is 4.36. The highest BCUT2D eigenvalue weighted by Gasteiger charge is 2.18. The molecule has 1 fully saturated rings. The second kappa shape index (κ2) is 6.55. The number of thiophene rings is 1. The molecule has 0 radical (unpaired) electrons. The Morgan fingerprint density at radius 1 is 1.08 bits per heavy atom. The molecule has 0 atom stereocenters. The molecule has 1 saturated heterocycles. The summed E-state index contributed by atoms with van der Waals surface area (Å²) in [6.45, 7) is 1.80. The molecule has 3 heterocycles. The Labute approximate surface area is 155 Å². The van der Waals surface area contributed by atoms with Gasteiger partial charge in [-0.15, -0.1) is 11.3 Å². The van der Waals surface area contributed by atoms with Crippen molar-refractivity contribution in [3.63, 3.8) is 0 Å². The fourth-order valence-electron chi connectivity index (χ4n) is 3.28. The Balaban J connectivity index is 1.80. The van der Waals surface area contributed by atoms with Gasteiger partial charge in [0, 0.05) is 36.4 Å². The molecule has 136 valence electrons. The highest BCUT2D eigenvalue weighted by atomic mass is 32.2. The van der Waals surface area contributed by atoms with Gasteiger partial charge in [0.2, 0.25) is 5.43 Å². The maximum absolute atomic E-state index is 12.5. The third-order valence-corrected chi connectivity index (χ3v) is 6.80. The molecular weight excluding hydrogens is 370 g/mol. The molecule has 5 nitrogen and oxygen atoms in total. The number of hydrogen-bond donors (Lipinski definition) is 0. The second-order valence-electron chi connectivity index (χ2n) is 6.60. The molecule has 0 N–H and O–H groups in total. The molecule has 0 unspecified atom stereocenters. The summed E-state index contributed by atoms with van der Waals surface area (Å²) in [5.74, 6) is 0.620. The zero-order valence-electron chi connectivity index (χ0n) is 14.4. The summed E-state index contributed by atoms with van der Waals surface area (Å²) in [5.41, 5.74) is 2.20. The molecule has 0 aliphatic carbocycles. The van der Waals surface area contributed by atoms with E-state index in [1.807, 2.05) is 5.38 Å². The van der Waals surface area contributed by atoms with Gasteiger partial charge < -0.3 is 9.32 Å². The van der Waals surface area contributed by atoms with Crippen molar-refractivity contribution in [3.8, 4) is 11.1 Å². The summed E-state index contributed by atoms with van der Waals surface area (Å²) >= 11 is 1.36. The third kappa shape index (κ3) is 3.17. The summed E-state index contributed by atoms with van der Waals surface area (Å²) in [5, 5.41) is 1.89. The Morgan fingerprint density at radius 3 is 2.42 bits per heavy atom. The maximum atomic E-state index is 12.5. The minimum absolute atomic E-state index is 0.0316. The van der Waals surface area contributed by atoms with Crippen molar-refractivity contribution in [2.75, 3.05) is 24.2 Å². The summed E-state index contributed by atoms with van der Waals surface area (Å²) in [7, 11) is -3.24. The van der Waals surface area contributed by atoms with Crippen molar-refractivity contribution in [2.24, 2.45) is 0 Å². The van der Waals surface area contributed by atoms with Gasteiger partial charge >= 0.3 is 0 Å². The van der Waals surface area contributed by atoms with E-state index in [-0.39, 0.29) is 10.3 Å². The standard InChI is InChI=1S/C19H19NO4S2/c1-26(22,23)14-7-5-13(6-8-14)15-12-25-19-16(21)11-17(24-18(15)19)20-9-3-2-4-10-20/h5-8,11-12H,2-4,9-10H2,1H3. The number of hydrogen-bond acceptors (Lipinski definition) is 6. The van der Waals surface area contributed by atoms with E-state index >= 15 is 0 Å². The Morgan fingerprint density at radius 2 is 1.77 bits per heavy atom. The van der Waals surface area contributed by atoms with Crippen LogP contribution in [0.25, 0.3) is 21.4 Å². The minimum Gasteiger partial charge on any atom is -0.439 e. The van der Waals surface area contributed by atoms with Crippen LogP contribution in [0.4, 0.5) is 5.88 Å². The quantitative estimate of drug-likeness (QED) is 0.679. The molecule has 0 spiro atoms. The molecule has 0 amide bonds. The average Bonchev–Trinajstić information content (AvgIpc) is 3.06. The topological polar surface area (TPSA) is 67.6 Å². The molecule has 2 aromatic heterocycles. The van der Waals surface area contributed by atoms with Crippen LogP contribution in [0.3, 0.4) is 0 Å². The smallest absolute Gasteiger partial charge is 0.204 e. The number of fused-ring (bicyclic) bond motifs is 1. The first-order valence-electron chi connectivity index (χ1n) is 8.54. The lowest BCUT2D eigenvalue weighted by Gasteiger charge is -2.26. The monoisotopic (exact) mass is 389 g/mol. The van der Waals surface area contributed by atoms with Crippen LogP contribution in [0.5, 0.6) is 0 Å². The first kappa shape index (κ1) is 17.3. The summed E-state index contributed by atoms with van der Waals surface area (Å²) in [6, 6.07) is 8.26. The van der Waals surface area contributed by atoms with Crippen LogP contribution in [0.2, 0.25) is 0 Å². The van der Waals surface area contributed by atoms with Gasteiger partial charge in [0.1, 0.15) is 4.70 Å². The lowest BCUT2D eigenvalue weighted by atomic mass is 10.1. The number of benzene rings is 1. The van der Waals surface area contributed by atoms with E-state index in [0.29, 0.717) is 16.2 Å². The lowest BCUT2D eigenvalue weighted by Crippen LogP contribution is -2.29. The first-order chi connectivity index (χ1) is 12.4. The van der Waals surface area contributed by atoms with E-state index in [0.717, 1.165) is 37.1 Å². The first-order valence-corrected chi connectivity index (χ1v) is 11.3. The van der Waals surface area contributed by atoms with Crippen LogP contribution >= 0.6 is 11.3 Å². The molecule has 4 rings (SSSR count). The number of rotatable bonds is 3. The SMILES string of the molecule is CS(=O)(=O)c1ccc(-c2csc3c(=O)cc(N4CCCCC4)oc23)cc1. The van der Waals surface area contributed by atoms with E-state index in [2.05, 4.69) is 4.90 Å². The molecule has 1 aromatic carbocycles. The zero-order valence-corrected chi connectivity index (χ0v) is 16.0. The van der Waals surface area contributed by atoms with E-state index in [1.54, 1.807) is 30.3 Å². The van der Waals surface area contributed by atoms with E-state index < -0.39 is 9.84 Å². The Bertz CT molecular complexity index is 1100. The average molecular weight is 389 g/mol. The van der Waals surface area contributed by atoms with Gasteiger partial charge in [0.15, 0.2) is 21.3 Å². The predicted octanol–water partition coefficient (Wildman–Crippen LogP) is 3.92. The fraction of sp³-hybridized carbons (Fsp3) is 0.316. The van der Waals surface area contributed by atoms with Gasteiger partial charge in [0.05, 0.1) is 4.90 Å². The third-order valence-electron chi connectivity index (χ3n) is 4.69. The fourth-order valence-corrected chi connectivity index (χ4v) is 4.82. The van der Waals surface area contributed by atoms with Gasteiger partial charge in [-0.1, -0.05) is 12.1 Å². The van der Waals surface area contributed by atoms with Crippen LogP contribution in [0, 0.1) is 0 Å². The van der Waals surface area contributed by atoms with Gasteiger partial charge in [-0.25, -0.2) is 8.42 Å². The summed E-state index contributed by atoms with van der Waals surface area (Å²) in [4.78, 5) is 14.9. The van der Waals surface area contributed by atoms with E-state index in [4.69, 9.17) is 4.42 Å². The van der Waals surface area contributed by atoms with Crippen molar-refractivity contribution in [3.05, 3.63) is 45.9 Å². The van der Waals surface area contributed by atoms with E-state index in [1.165, 1.54) is 24.0 Å².